The van der Waals surface area contributed by atoms with Crippen molar-refractivity contribution >= 4 is 38.6 Å². The summed E-state index contributed by atoms with van der Waals surface area (Å²) in [5, 5.41) is 8.85. The molecular weight excluding hydrogens is 383 g/mol. The quantitative estimate of drug-likeness (QED) is 0.794. The Balaban J connectivity index is 1.82. The number of nitrogens with zero attached hydrogens (tertiary/aromatic N) is 2. The van der Waals surface area contributed by atoms with Crippen LogP contribution < -0.4 is 0 Å². The molecule has 2 atom stereocenters. The first-order chi connectivity index (χ1) is 12.2. The summed E-state index contributed by atoms with van der Waals surface area (Å²) in [5.41, 5.74) is 0.766. The molecule has 2 aliphatic heterocycles. The lowest BCUT2D eigenvalue weighted by Gasteiger charge is -2.24. The average Bonchev–Trinajstić information content (AvgIpc) is 3.00. The third-order valence-corrected chi connectivity index (χ3v) is 7.46. The normalized spacial score (nSPS) is 25.4. The zero-order chi connectivity index (χ0) is 18.9. The number of halogens is 1. The number of fused-ring (bicyclic) bond motifs is 1. The highest BCUT2D eigenvalue weighted by Gasteiger charge is 2.48. The van der Waals surface area contributed by atoms with E-state index in [-0.39, 0.29) is 41.5 Å². The van der Waals surface area contributed by atoms with E-state index in [1.807, 2.05) is 0 Å². The molecule has 26 heavy (non-hydrogen) atoms. The molecule has 1 aromatic carbocycles. The van der Waals surface area contributed by atoms with E-state index >= 15 is 0 Å². The maximum absolute atomic E-state index is 13.1. The summed E-state index contributed by atoms with van der Waals surface area (Å²) in [6.45, 7) is 0.301. The predicted octanol–water partition coefficient (Wildman–Crippen LogP) is 1.29. The molecule has 2 fully saturated rings. The van der Waals surface area contributed by atoms with Crippen LogP contribution >= 0.6 is 11.8 Å². The number of amides is 1. The molecule has 0 radical (unpaired) electrons. The Labute approximate surface area is 154 Å². The summed E-state index contributed by atoms with van der Waals surface area (Å²) in [4.78, 5) is 28.3. The van der Waals surface area contributed by atoms with Gasteiger partial charge in [-0.25, -0.2) is 12.8 Å². The van der Waals surface area contributed by atoms with Gasteiger partial charge in [0.1, 0.15) is 5.82 Å². The third-order valence-electron chi connectivity index (χ3n) is 4.21. The SMILES string of the molecule is O=C(O)CCC(=O)N=C1S[C@@H]2CS(=O)(=O)C[C@@H]2N1Cc1ccc(F)cc1. The monoisotopic (exact) mass is 400 g/mol. The van der Waals surface area contributed by atoms with E-state index in [1.165, 1.54) is 23.9 Å². The lowest BCUT2D eigenvalue weighted by atomic mass is 10.1. The minimum Gasteiger partial charge on any atom is -0.481 e. The molecule has 0 bridgehead atoms. The Morgan fingerprint density at radius 3 is 2.58 bits per heavy atom. The standard InChI is InChI=1S/C16H17FN2O5S2/c17-11-3-1-10(2-4-11)7-19-12-8-26(23,24)9-13(12)25-16(19)18-14(20)5-6-15(21)22/h1-4,12-13H,5-9H2,(H,21,22)/t12-,13+/m0/s1. The van der Waals surface area contributed by atoms with Crippen molar-refractivity contribution in [3.05, 3.63) is 35.6 Å². The Morgan fingerprint density at radius 1 is 1.23 bits per heavy atom. The van der Waals surface area contributed by atoms with Gasteiger partial charge in [0.05, 0.1) is 24.0 Å². The summed E-state index contributed by atoms with van der Waals surface area (Å²) in [7, 11) is -3.15. The number of benzene rings is 1. The predicted molar refractivity (Wildman–Crippen MR) is 95.1 cm³/mol. The average molecular weight is 400 g/mol. The minimum absolute atomic E-state index is 0.0184. The molecule has 0 spiro atoms. The second-order valence-corrected chi connectivity index (χ2v) is 9.60. The first-order valence-electron chi connectivity index (χ1n) is 7.95. The number of hydrogen-bond acceptors (Lipinski definition) is 5. The van der Waals surface area contributed by atoms with Gasteiger partial charge in [-0.2, -0.15) is 4.99 Å². The number of thioether (sulfide) groups is 1. The fraction of sp³-hybridized carbons (Fsp3) is 0.438. The van der Waals surface area contributed by atoms with E-state index in [1.54, 1.807) is 17.0 Å². The Bertz CT molecular complexity index is 854. The van der Waals surface area contributed by atoms with E-state index in [2.05, 4.69) is 4.99 Å². The first kappa shape index (κ1) is 18.8. The van der Waals surface area contributed by atoms with Crippen LogP contribution in [0.15, 0.2) is 29.3 Å². The molecule has 1 amide bonds. The number of aliphatic imine (C=N–C) groups is 1. The molecule has 2 saturated heterocycles. The fourth-order valence-electron chi connectivity index (χ4n) is 2.98. The number of carbonyl (C=O) groups is 2. The van der Waals surface area contributed by atoms with Crippen molar-refractivity contribution < 1.29 is 27.5 Å². The van der Waals surface area contributed by atoms with Gasteiger partial charge < -0.3 is 10.0 Å². The van der Waals surface area contributed by atoms with Crippen molar-refractivity contribution in [3.8, 4) is 0 Å². The molecular formula is C16H17FN2O5S2. The summed E-state index contributed by atoms with van der Waals surface area (Å²) >= 11 is 1.23. The van der Waals surface area contributed by atoms with Crippen LogP contribution in [0.1, 0.15) is 18.4 Å². The largest absolute Gasteiger partial charge is 0.481 e. The van der Waals surface area contributed by atoms with Crippen LogP contribution in [-0.4, -0.2) is 58.3 Å². The van der Waals surface area contributed by atoms with Gasteiger partial charge in [-0.15, -0.1) is 0 Å². The Kier molecular flexibility index (Phi) is 5.33. The van der Waals surface area contributed by atoms with E-state index in [4.69, 9.17) is 5.11 Å². The smallest absolute Gasteiger partial charge is 0.303 e. The lowest BCUT2D eigenvalue weighted by molar-refractivity contribution is -0.138. The number of aliphatic carboxylic acids is 1. The molecule has 10 heteroatoms. The molecule has 0 aromatic heterocycles. The number of rotatable bonds is 5. The van der Waals surface area contributed by atoms with Crippen LogP contribution in [0, 0.1) is 5.82 Å². The topological polar surface area (TPSA) is 104 Å². The molecule has 0 saturated carbocycles. The van der Waals surface area contributed by atoms with Crippen molar-refractivity contribution in [2.24, 2.45) is 4.99 Å². The summed E-state index contributed by atoms with van der Waals surface area (Å²) in [5.74, 6) is -2.01. The number of amidine groups is 1. The number of sulfone groups is 1. The van der Waals surface area contributed by atoms with Crippen LogP contribution in [0.25, 0.3) is 0 Å². The fourth-order valence-corrected chi connectivity index (χ4v) is 6.95. The number of carbonyl (C=O) groups excluding carboxylic acids is 1. The van der Waals surface area contributed by atoms with Gasteiger partial charge in [0.15, 0.2) is 15.0 Å². The van der Waals surface area contributed by atoms with Crippen molar-refractivity contribution in [2.75, 3.05) is 11.5 Å². The molecule has 0 unspecified atom stereocenters. The molecule has 3 rings (SSSR count). The van der Waals surface area contributed by atoms with Crippen molar-refractivity contribution in [1.82, 2.24) is 4.90 Å². The van der Waals surface area contributed by atoms with Crippen LogP contribution in [0.2, 0.25) is 0 Å². The zero-order valence-corrected chi connectivity index (χ0v) is 15.3. The van der Waals surface area contributed by atoms with E-state index in [9.17, 15) is 22.4 Å². The molecule has 1 aromatic rings. The Hall–Kier alpha value is -1.94. The number of carboxylic acid groups (broad SMARTS) is 1. The highest BCUT2D eigenvalue weighted by atomic mass is 32.2. The molecule has 1 N–H and O–H groups in total. The summed E-state index contributed by atoms with van der Waals surface area (Å²) < 4.78 is 37.0. The van der Waals surface area contributed by atoms with Crippen LogP contribution in [0.3, 0.4) is 0 Å². The summed E-state index contributed by atoms with van der Waals surface area (Å²) in [6, 6.07) is 5.52. The van der Waals surface area contributed by atoms with Crippen molar-refractivity contribution in [2.45, 2.75) is 30.7 Å². The van der Waals surface area contributed by atoms with Crippen LogP contribution in [-0.2, 0) is 26.0 Å². The summed E-state index contributed by atoms with van der Waals surface area (Å²) in [6.07, 6.45) is -0.517. The molecule has 7 nitrogen and oxygen atoms in total. The maximum atomic E-state index is 13.1. The van der Waals surface area contributed by atoms with Crippen LogP contribution in [0.5, 0.6) is 0 Å². The van der Waals surface area contributed by atoms with Gasteiger partial charge in [-0.1, -0.05) is 23.9 Å². The van der Waals surface area contributed by atoms with Gasteiger partial charge in [0.2, 0.25) is 5.91 Å². The minimum atomic E-state index is -3.15. The third kappa shape index (κ3) is 4.42. The highest BCUT2D eigenvalue weighted by Crippen LogP contribution is 2.39. The molecule has 140 valence electrons. The molecule has 0 aliphatic carbocycles. The van der Waals surface area contributed by atoms with Gasteiger partial charge in [-0.05, 0) is 17.7 Å². The second kappa shape index (κ2) is 7.36. The Morgan fingerprint density at radius 2 is 1.92 bits per heavy atom. The van der Waals surface area contributed by atoms with E-state index in [0.717, 1.165) is 5.56 Å². The molecule has 2 heterocycles. The molecule has 2 aliphatic rings. The van der Waals surface area contributed by atoms with Gasteiger partial charge in [-0.3, -0.25) is 9.59 Å². The van der Waals surface area contributed by atoms with Crippen molar-refractivity contribution in [3.63, 3.8) is 0 Å². The van der Waals surface area contributed by atoms with Crippen LogP contribution in [0.4, 0.5) is 4.39 Å². The maximum Gasteiger partial charge on any atom is 0.303 e. The highest BCUT2D eigenvalue weighted by molar-refractivity contribution is 8.15. The van der Waals surface area contributed by atoms with Gasteiger partial charge >= 0.3 is 5.97 Å². The number of hydrogen-bond donors (Lipinski definition) is 1. The zero-order valence-electron chi connectivity index (χ0n) is 13.7. The van der Waals surface area contributed by atoms with Gasteiger partial charge in [0.25, 0.3) is 0 Å². The second-order valence-electron chi connectivity index (χ2n) is 6.24. The lowest BCUT2D eigenvalue weighted by Crippen LogP contribution is -2.37. The van der Waals surface area contributed by atoms with E-state index in [0.29, 0.717) is 11.7 Å². The number of carboxylic acids is 1. The van der Waals surface area contributed by atoms with Crippen molar-refractivity contribution in [1.29, 1.82) is 0 Å². The van der Waals surface area contributed by atoms with Gasteiger partial charge in [0, 0.05) is 18.2 Å². The first-order valence-corrected chi connectivity index (χ1v) is 10.6. The van der Waals surface area contributed by atoms with E-state index < -0.39 is 21.7 Å².